The fourth-order valence-electron chi connectivity index (χ4n) is 2.30. The van der Waals surface area contributed by atoms with Gasteiger partial charge in [0.15, 0.2) is 0 Å². The second-order valence-corrected chi connectivity index (χ2v) is 5.18. The van der Waals surface area contributed by atoms with Gasteiger partial charge in [0.25, 0.3) is 0 Å². The summed E-state index contributed by atoms with van der Waals surface area (Å²) in [6.45, 7) is 8.58. The highest BCUT2D eigenvalue weighted by molar-refractivity contribution is 5.25. The first-order chi connectivity index (χ1) is 9.77. The summed E-state index contributed by atoms with van der Waals surface area (Å²) in [4.78, 5) is 0. The molecule has 0 spiro atoms. The van der Waals surface area contributed by atoms with Crippen molar-refractivity contribution < 1.29 is 9.47 Å². The molecule has 0 bridgehead atoms. The molecule has 1 unspecified atom stereocenters. The second-order valence-electron chi connectivity index (χ2n) is 5.18. The quantitative estimate of drug-likeness (QED) is 0.632. The monoisotopic (exact) mass is 279 g/mol. The highest BCUT2D eigenvalue weighted by Crippen LogP contribution is 2.15. The molecular weight excluding hydrogens is 250 g/mol. The molecule has 1 aromatic rings. The van der Waals surface area contributed by atoms with E-state index >= 15 is 0 Å². The van der Waals surface area contributed by atoms with Crippen LogP contribution < -0.4 is 5.32 Å². The van der Waals surface area contributed by atoms with Crippen LogP contribution in [0.2, 0.25) is 0 Å². The fraction of sp³-hybridized carbons (Fsp3) is 0.647. The molecule has 1 rings (SSSR count). The smallest absolute Gasteiger partial charge is 0.0587 e. The SMILES string of the molecule is CCOCCC(CNCCOC)Cc1ccccc1C. The van der Waals surface area contributed by atoms with Crippen molar-refractivity contribution >= 4 is 0 Å². The van der Waals surface area contributed by atoms with Gasteiger partial charge in [-0.1, -0.05) is 24.3 Å². The highest BCUT2D eigenvalue weighted by Gasteiger charge is 2.11. The lowest BCUT2D eigenvalue weighted by Crippen LogP contribution is -2.28. The summed E-state index contributed by atoms with van der Waals surface area (Å²) in [5.74, 6) is 0.611. The van der Waals surface area contributed by atoms with Gasteiger partial charge in [-0.2, -0.15) is 0 Å². The predicted octanol–water partition coefficient (Wildman–Crippen LogP) is 2.82. The van der Waals surface area contributed by atoms with Crippen molar-refractivity contribution in [1.29, 1.82) is 0 Å². The summed E-state index contributed by atoms with van der Waals surface area (Å²) in [7, 11) is 1.74. The molecule has 0 aromatic heterocycles. The molecule has 1 aromatic carbocycles. The van der Waals surface area contributed by atoms with Crippen molar-refractivity contribution in [2.75, 3.05) is 40.0 Å². The molecule has 0 saturated heterocycles. The summed E-state index contributed by atoms with van der Waals surface area (Å²) in [5.41, 5.74) is 2.83. The van der Waals surface area contributed by atoms with Crippen LogP contribution in [0.25, 0.3) is 0 Å². The zero-order chi connectivity index (χ0) is 14.6. The topological polar surface area (TPSA) is 30.5 Å². The maximum absolute atomic E-state index is 5.51. The lowest BCUT2D eigenvalue weighted by molar-refractivity contribution is 0.130. The molecule has 1 atom stereocenters. The zero-order valence-electron chi connectivity index (χ0n) is 13.2. The van der Waals surface area contributed by atoms with Crippen molar-refractivity contribution in [3.05, 3.63) is 35.4 Å². The highest BCUT2D eigenvalue weighted by atomic mass is 16.5. The van der Waals surface area contributed by atoms with Crippen LogP contribution in [0.15, 0.2) is 24.3 Å². The maximum atomic E-state index is 5.51. The minimum Gasteiger partial charge on any atom is -0.383 e. The minimum absolute atomic E-state index is 0.611. The number of rotatable bonds is 11. The fourth-order valence-corrected chi connectivity index (χ4v) is 2.30. The molecule has 0 heterocycles. The van der Waals surface area contributed by atoms with E-state index in [9.17, 15) is 0 Å². The number of ether oxygens (including phenoxy) is 2. The third-order valence-corrected chi connectivity index (χ3v) is 3.56. The number of methoxy groups -OCH3 is 1. The molecular formula is C17H29NO2. The molecule has 20 heavy (non-hydrogen) atoms. The molecule has 0 amide bonds. The van der Waals surface area contributed by atoms with E-state index in [0.29, 0.717) is 5.92 Å². The van der Waals surface area contributed by atoms with Crippen LogP contribution in [0.5, 0.6) is 0 Å². The van der Waals surface area contributed by atoms with E-state index in [1.54, 1.807) is 7.11 Å². The summed E-state index contributed by atoms with van der Waals surface area (Å²) in [5, 5.41) is 3.47. The molecule has 3 heteroatoms. The van der Waals surface area contributed by atoms with Crippen LogP contribution in [-0.4, -0.2) is 40.0 Å². The van der Waals surface area contributed by atoms with Crippen LogP contribution in [0.1, 0.15) is 24.5 Å². The lowest BCUT2D eigenvalue weighted by Gasteiger charge is -2.19. The van der Waals surface area contributed by atoms with Crippen LogP contribution in [0.3, 0.4) is 0 Å². The Bertz CT molecular complexity index is 355. The normalized spacial score (nSPS) is 12.6. The van der Waals surface area contributed by atoms with Gasteiger partial charge in [-0.25, -0.2) is 0 Å². The Morgan fingerprint density at radius 2 is 2.00 bits per heavy atom. The van der Waals surface area contributed by atoms with E-state index in [0.717, 1.165) is 45.8 Å². The van der Waals surface area contributed by atoms with Gasteiger partial charge >= 0.3 is 0 Å². The average molecular weight is 279 g/mol. The molecule has 0 aliphatic carbocycles. The minimum atomic E-state index is 0.611. The largest absolute Gasteiger partial charge is 0.383 e. The van der Waals surface area contributed by atoms with Gasteiger partial charge < -0.3 is 14.8 Å². The number of benzene rings is 1. The first-order valence-electron chi connectivity index (χ1n) is 7.59. The van der Waals surface area contributed by atoms with E-state index in [2.05, 4.69) is 36.5 Å². The van der Waals surface area contributed by atoms with Crippen molar-refractivity contribution in [1.82, 2.24) is 5.32 Å². The Morgan fingerprint density at radius 3 is 2.70 bits per heavy atom. The maximum Gasteiger partial charge on any atom is 0.0587 e. The molecule has 1 N–H and O–H groups in total. The third kappa shape index (κ3) is 7.04. The molecule has 0 radical (unpaired) electrons. The molecule has 0 fully saturated rings. The van der Waals surface area contributed by atoms with Gasteiger partial charge in [-0.15, -0.1) is 0 Å². The number of aryl methyl sites for hydroxylation is 1. The van der Waals surface area contributed by atoms with Crippen molar-refractivity contribution in [2.45, 2.75) is 26.7 Å². The summed E-state index contributed by atoms with van der Waals surface area (Å²) < 4.78 is 10.6. The van der Waals surface area contributed by atoms with Gasteiger partial charge in [-0.05, 0) is 50.3 Å². The Balaban J connectivity index is 2.46. The van der Waals surface area contributed by atoms with Crippen LogP contribution in [-0.2, 0) is 15.9 Å². The Hall–Kier alpha value is -0.900. The number of hydrogen-bond acceptors (Lipinski definition) is 3. The summed E-state index contributed by atoms with van der Waals surface area (Å²) in [6, 6.07) is 8.65. The van der Waals surface area contributed by atoms with Gasteiger partial charge in [0, 0.05) is 26.9 Å². The number of hydrogen-bond donors (Lipinski definition) is 1. The Labute approximate surface area is 123 Å². The Kier molecular flexibility index (Phi) is 9.29. The van der Waals surface area contributed by atoms with E-state index in [-0.39, 0.29) is 0 Å². The Morgan fingerprint density at radius 1 is 1.20 bits per heavy atom. The van der Waals surface area contributed by atoms with E-state index < -0.39 is 0 Å². The van der Waals surface area contributed by atoms with E-state index in [4.69, 9.17) is 9.47 Å². The molecule has 0 aliphatic heterocycles. The number of nitrogens with one attached hydrogen (secondary N) is 1. The molecule has 0 saturated carbocycles. The van der Waals surface area contributed by atoms with Crippen LogP contribution >= 0.6 is 0 Å². The molecule has 114 valence electrons. The summed E-state index contributed by atoms with van der Waals surface area (Å²) in [6.07, 6.45) is 2.21. The van der Waals surface area contributed by atoms with Crippen LogP contribution in [0.4, 0.5) is 0 Å². The van der Waals surface area contributed by atoms with Crippen molar-refractivity contribution in [2.24, 2.45) is 5.92 Å². The van der Waals surface area contributed by atoms with E-state index in [1.807, 2.05) is 6.92 Å². The first-order valence-corrected chi connectivity index (χ1v) is 7.59. The zero-order valence-corrected chi connectivity index (χ0v) is 13.2. The predicted molar refractivity (Wildman–Crippen MR) is 84.2 cm³/mol. The molecule has 3 nitrogen and oxygen atoms in total. The molecule has 0 aliphatic rings. The van der Waals surface area contributed by atoms with Gasteiger partial charge in [-0.3, -0.25) is 0 Å². The van der Waals surface area contributed by atoms with E-state index in [1.165, 1.54) is 11.1 Å². The average Bonchev–Trinajstić information content (AvgIpc) is 2.46. The lowest BCUT2D eigenvalue weighted by atomic mass is 9.94. The second kappa shape index (κ2) is 10.8. The van der Waals surface area contributed by atoms with Gasteiger partial charge in [0.05, 0.1) is 6.61 Å². The van der Waals surface area contributed by atoms with Crippen molar-refractivity contribution in [3.8, 4) is 0 Å². The first kappa shape index (κ1) is 17.2. The van der Waals surface area contributed by atoms with Crippen molar-refractivity contribution in [3.63, 3.8) is 0 Å². The van der Waals surface area contributed by atoms with Gasteiger partial charge in [0.1, 0.15) is 0 Å². The summed E-state index contributed by atoms with van der Waals surface area (Å²) >= 11 is 0. The standard InChI is InChI=1S/C17H29NO2/c1-4-20-11-9-16(14-18-10-12-19-3)13-17-8-6-5-7-15(17)2/h5-8,16,18H,4,9-14H2,1-3H3. The third-order valence-electron chi connectivity index (χ3n) is 3.56. The van der Waals surface area contributed by atoms with Gasteiger partial charge in [0.2, 0.25) is 0 Å². The van der Waals surface area contributed by atoms with Crippen LogP contribution in [0, 0.1) is 12.8 Å².